The monoisotopic (exact) mass is 483 g/mol. The smallest absolute Gasteiger partial charge is 0.267 e. The number of fused-ring (bicyclic) bond motifs is 3. The summed E-state index contributed by atoms with van der Waals surface area (Å²) < 4.78 is 3.43. The number of hydrogen-bond acceptors (Lipinski definition) is 5. The van der Waals surface area contributed by atoms with Gasteiger partial charge in [-0.05, 0) is 49.2 Å². The molecule has 2 heterocycles. The molecule has 0 aliphatic heterocycles. The van der Waals surface area contributed by atoms with Crippen LogP contribution in [-0.4, -0.2) is 42.8 Å². The van der Waals surface area contributed by atoms with Gasteiger partial charge in [0, 0.05) is 13.6 Å². The van der Waals surface area contributed by atoms with Crippen molar-refractivity contribution >= 4 is 34.3 Å². The van der Waals surface area contributed by atoms with Gasteiger partial charge in [-0.1, -0.05) is 65.9 Å². The molecule has 0 aliphatic carbocycles. The number of para-hydroxylation sites is 1. The lowest BCUT2D eigenvalue weighted by Gasteiger charge is -2.18. The molecule has 35 heavy (non-hydrogen) atoms. The Kier molecular flexibility index (Phi) is 6.13. The van der Waals surface area contributed by atoms with E-state index in [1.165, 1.54) is 11.8 Å². The topological polar surface area (TPSA) is 72.5 Å². The lowest BCUT2D eigenvalue weighted by molar-refractivity contribution is -0.127. The second kappa shape index (κ2) is 9.38. The van der Waals surface area contributed by atoms with Gasteiger partial charge in [-0.3, -0.25) is 14.0 Å². The van der Waals surface area contributed by atoms with Crippen LogP contribution < -0.4 is 5.56 Å². The van der Waals surface area contributed by atoms with Crippen molar-refractivity contribution in [3.05, 3.63) is 99.8 Å². The predicted molar refractivity (Wildman–Crippen MR) is 139 cm³/mol. The second-order valence-electron chi connectivity index (χ2n) is 8.58. The summed E-state index contributed by atoms with van der Waals surface area (Å²) in [5, 5.41) is 9.85. The minimum Gasteiger partial charge on any atom is -0.341 e. The van der Waals surface area contributed by atoms with E-state index in [2.05, 4.69) is 10.2 Å². The summed E-state index contributed by atoms with van der Waals surface area (Å²) in [7, 11) is 1.81. The summed E-state index contributed by atoms with van der Waals surface area (Å²) in [5.74, 6) is 0.619. The fourth-order valence-electron chi connectivity index (χ4n) is 4.07. The van der Waals surface area contributed by atoms with Gasteiger partial charge in [-0.2, -0.15) is 0 Å². The molecule has 0 radical (unpaired) electrons. The largest absolute Gasteiger partial charge is 0.341 e. The quantitative estimate of drug-likeness (QED) is 0.335. The van der Waals surface area contributed by atoms with E-state index in [1.807, 2.05) is 92.0 Å². The average Bonchev–Trinajstić information content (AvgIpc) is 3.29. The van der Waals surface area contributed by atoms with Gasteiger partial charge >= 0.3 is 0 Å². The van der Waals surface area contributed by atoms with Gasteiger partial charge in [-0.15, -0.1) is 10.2 Å². The van der Waals surface area contributed by atoms with Crippen LogP contribution in [0, 0.1) is 13.8 Å². The van der Waals surface area contributed by atoms with Crippen LogP contribution in [0.15, 0.2) is 82.7 Å². The van der Waals surface area contributed by atoms with E-state index in [4.69, 9.17) is 0 Å². The third-order valence-corrected chi connectivity index (χ3v) is 7.02. The van der Waals surface area contributed by atoms with Crippen LogP contribution in [0.1, 0.15) is 16.7 Å². The first-order valence-electron chi connectivity index (χ1n) is 11.3. The summed E-state index contributed by atoms with van der Waals surface area (Å²) >= 11 is 1.32. The van der Waals surface area contributed by atoms with E-state index in [1.54, 1.807) is 15.5 Å². The molecule has 0 atom stereocenters. The molecule has 8 heteroatoms. The summed E-state index contributed by atoms with van der Waals surface area (Å²) in [5.41, 5.74) is 4.65. The number of aromatic nitrogens is 4. The van der Waals surface area contributed by atoms with E-state index < -0.39 is 0 Å². The molecule has 3 aromatic carbocycles. The number of hydrogen-bond donors (Lipinski definition) is 0. The third-order valence-electron chi connectivity index (χ3n) is 6.11. The van der Waals surface area contributed by atoms with Crippen molar-refractivity contribution in [2.75, 3.05) is 12.8 Å². The highest BCUT2D eigenvalue weighted by atomic mass is 32.2. The Hall–Kier alpha value is -3.91. The van der Waals surface area contributed by atoms with Crippen molar-refractivity contribution in [3.8, 4) is 5.69 Å². The number of thioether (sulfide) groups is 1. The van der Waals surface area contributed by atoms with Crippen LogP contribution in [0.25, 0.3) is 22.4 Å². The third kappa shape index (κ3) is 4.33. The van der Waals surface area contributed by atoms with Gasteiger partial charge in [0.15, 0.2) is 5.16 Å². The molecule has 0 unspecified atom stereocenters. The molecule has 7 nitrogen and oxygen atoms in total. The first-order valence-corrected chi connectivity index (χ1v) is 12.3. The number of aryl methyl sites for hydroxylation is 2. The van der Waals surface area contributed by atoms with Crippen molar-refractivity contribution in [2.24, 2.45) is 0 Å². The minimum atomic E-state index is -0.157. The van der Waals surface area contributed by atoms with Crippen LogP contribution in [0.4, 0.5) is 0 Å². The highest BCUT2D eigenvalue weighted by Gasteiger charge is 2.19. The molecule has 0 bridgehead atoms. The highest BCUT2D eigenvalue weighted by molar-refractivity contribution is 7.99. The number of nitrogens with zero attached hydrogens (tertiary/aromatic N) is 5. The SMILES string of the molecule is Cc1ccc(-n2c(=O)c3ccccc3n3c(SCC(=O)N(C)Cc4ccccc4C)nnc23)cc1. The number of amides is 1. The van der Waals surface area contributed by atoms with Crippen molar-refractivity contribution in [2.45, 2.75) is 25.5 Å². The van der Waals surface area contributed by atoms with Gasteiger partial charge in [-0.25, -0.2) is 4.57 Å². The number of carbonyl (C=O) groups is 1. The maximum atomic E-state index is 13.4. The van der Waals surface area contributed by atoms with Crippen molar-refractivity contribution in [1.29, 1.82) is 0 Å². The molecule has 0 spiro atoms. The van der Waals surface area contributed by atoms with Crippen LogP contribution in [-0.2, 0) is 11.3 Å². The van der Waals surface area contributed by atoms with Gasteiger partial charge < -0.3 is 4.90 Å². The van der Waals surface area contributed by atoms with Crippen LogP contribution >= 0.6 is 11.8 Å². The van der Waals surface area contributed by atoms with Gasteiger partial charge in [0.05, 0.1) is 22.3 Å². The lowest BCUT2D eigenvalue weighted by Crippen LogP contribution is -2.28. The van der Waals surface area contributed by atoms with E-state index >= 15 is 0 Å². The van der Waals surface area contributed by atoms with E-state index in [-0.39, 0.29) is 17.2 Å². The Balaban J connectivity index is 1.50. The Morgan fingerprint density at radius 3 is 2.43 bits per heavy atom. The van der Waals surface area contributed by atoms with Gasteiger partial charge in [0.25, 0.3) is 5.56 Å². The number of rotatable bonds is 6. The van der Waals surface area contributed by atoms with Crippen molar-refractivity contribution in [3.63, 3.8) is 0 Å². The molecule has 0 saturated carbocycles. The lowest BCUT2D eigenvalue weighted by atomic mass is 10.1. The minimum absolute atomic E-state index is 0.00818. The molecular formula is C27H25N5O2S. The zero-order valence-corrected chi connectivity index (χ0v) is 20.6. The molecule has 0 aliphatic rings. The normalized spacial score (nSPS) is 11.3. The fourth-order valence-corrected chi connectivity index (χ4v) is 4.95. The van der Waals surface area contributed by atoms with Crippen LogP contribution in [0.5, 0.6) is 0 Å². The molecule has 5 aromatic rings. The maximum Gasteiger partial charge on any atom is 0.267 e. The van der Waals surface area contributed by atoms with Crippen molar-refractivity contribution < 1.29 is 4.79 Å². The predicted octanol–water partition coefficient (Wildman–Crippen LogP) is 4.40. The Morgan fingerprint density at radius 2 is 1.66 bits per heavy atom. The fraction of sp³-hybridized carbons (Fsp3) is 0.185. The summed E-state index contributed by atoms with van der Waals surface area (Å²) in [4.78, 5) is 28.0. The van der Waals surface area contributed by atoms with Gasteiger partial charge in [0.2, 0.25) is 11.7 Å². The second-order valence-corrected chi connectivity index (χ2v) is 9.52. The molecule has 5 rings (SSSR count). The summed E-state index contributed by atoms with van der Waals surface area (Å²) in [6.45, 7) is 4.59. The van der Waals surface area contributed by atoms with Crippen molar-refractivity contribution in [1.82, 2.24) is 24.1 Å². The summed E-state index contributed by atoms with van der Waals surface area (Å²) in [6.07, 6.45) is 0. The average molecular weight is 484 g/mol. The molecule has 2 aromatic heterocycles. The van der Waals surface area contributed by atoms with Gasteiger partial charge in [0.1, 0.15) is 0 Å². The number of benzene rings is 3. The molecule has 1 amide bonds. The van der Waals surface area contributed by atoms with E-state index in [9.17, 15) is 9.59 Å². The van der Waals surface area contributed by atoms with Crippen LogP contribution in [0.2, 0.25) is 0 Å². The summed E-state index contributed by atoms with van der Waals surface area (Å²) in [6, 6.07) is 23.2. The Labute approximate surface area is 207 Å². The first-order chi connectivity index (χ1) is 16.9. The first kappa shape index (κ1) is 22.9. The highest BCUT2D eigenvalue weighted by Crippen LogP contribution is 2.24. The maximum absolute atomic E-state index is 13.4. The number of carbonyl (C=O) groups excluding carboxylic acids is 1. The molecule has 0 N–H and O–H groups in total. The zero-order valence-electron chi connectivity index (χ0n) is 19.8. The molecule has 0 saturated heterocycles. The zero-order chi connectivity index (χ0) is 24.5. The Bertz CT molecular complexity index is 1600. The Morgan fingerprint density at radius 1 is 0.943 bits per heavy atom. The van der Waals surface area contributed by atoms with Crippen LogP contribution in [0.3, 0.4) is 0 Å². The molecular weight excluding hydrogens is 458 g/mol. The standard InChI is InChI=1S/C27H25N5O2S/c1-18-12-14-21(15-13-18)31-25(34)22-10-6-7-11-23(22)32-26(31)28-29-27(32)35-17-24(33)30(3)16-20-9-5-4-8-19(20)2/h4-15H,16-17H2,1-3H3. The molecule has 176 valence electrons. The van der Waals surface area contributed by atoms with E-state index in [0.717, 1.165) is 16.7 Å². The molecule has 0 fully saturated rings. The van der Waals surface area contributed by atoms with E-state index in [0.29, 0.717) is 34.1 Å².